The van der Waals surface area contributed by atoms with Gasteiger partial charge in [0.2, 0.25) is 15.9 Å². The van der Waals surface area contributed by atoms with Gasteiger partial charge >= 0.3 is 6.18 Å². The molecular formula is C19H15ClF4N4O3S. The third-order valence-corrected chi connectivity index (χ3v) is 5.97. The molecule has 0 aliphatic rings. The minimum Gasteiger partial charge on any atom is -0.326 e. The lowest BCUT2D eigenvalue weighted by Gasteiger charge is -2.12. The van der Waals surface area contributed by atoms with E-state index >= 15 is 0 Å². The third-order valence-electron chi connectivity index (χ3n) is 4.18. The number of hydrogen-bond acceptors (Lipinski definition) is 4. The number of carbonyl (C=O) groups is 1. The van der Waals surface area contributed by atoms with E-state index in [-0.39, 0.29) is 17.8 Å². The molecule has 1 amide bonds. The molecule has 0 saturated carbocycles. The Morgan fingerprint density at radius 1 is 1.16 bits per heavy atom. The topological polar surface area (TPSA) is 93.1 Å². The summed E-state index contributed by atoms with van der Waals surface area (Å²) in [7, 11) is -4.32. The molecule has 0 radical (unpaired) electrons. The Kier molecular flexibility index (Phi) is 6.86. The number of rotatable bonds is 7. The van der Waals surface area contributed by atoms with Crippen LogP contribution in [-0.4, -0.2) is 30.7 Å². The van der Waals surface area contributed by atoms with Gasteiger partial charge in [-0.15, -0.1) is 0 Å². The van der Waals surface area contributed by atoms with Crippen molar-refractivity contribution in [3.05, 3.63) is 71.3 Å². The largest absolute Gasteiger partial charge is 0.417 e. The van der Waals surface area contributed by atoms with Gasteiger partial charge in [-0.05, 0) is 42.5 Å². The SMILES string of the molecule is O=C(CCNS(=O)(=O)c1ccc(Cl)c(C(F)(F)F)c1)Nc1ccc(-n2cccn2)c(F)c1. The molecule has 0 fully saturated rings. The first kappa shape index (κ1) is 23.7. The fourth-order valence-electron chi connectivity index (χ4n) is 2.68. The summed E-state index contributed by atoms with van der Waals surface area (Å²) >= 11 is 5.48. The highest BCUT2D eigenvalue weighted by Gasteiger charge is 2.34. The van der Waals surface area contributed by atoms with Crippen LogP contribution in [0.5, 0.6) is 0 Å². The Balaban J connectivity index is 1.59. The van der Waals surface area contributed by atoms with Crippen molar-refractivity contribution in [2.75, 3.05) is 11.9 Å². The fraction of sp³-hybridized carbons (Fsp3) is 0.158. The summed E-state index contributed by atoms with van der Waals surface area (Å²) in [6.07, 6.45) is -2.16. The molecule has 0 spiro atoms. The summed E-state index contributed by atoms with van der Waals surface area (Å²) in [6, 6.07) is 7.69. The van der Waals surface area contributed by atoms with Crippen molar-refractivity contribution in [1.29, 1.82) is 0 Å². The smallest absolute Gasteiger partial charge is 0.326 e. The normalized spacial score (nSPS) is 12.0. The summed E-state index contributed by atoms with van der Waals surface area (Å²) in [6.45, 7) is -0.397. The first-order chi connectivity index (χ1) is 15.0. The number of aromatic nitrogens is 2. The van der Waals surface area contributed by atoms with Crippen LogP contribution in [0.3, 0.4) is 0 Å². The Morgan fingerprint density at radius 2 is 1.91 bits per heavy atom. The molecule has 13 heteroatoms. The third kappa shape index (κ3) is 5.64. The van der Waals surface area contributed by atoms with Crippen LogP contribution < -0.4 is 10.0 Å². The summed E-state index contributed by atoms with van der Waals surface area (Å²) < 4.78 is 80.8. The second-order valence-corrected chi connectivity index (χ2v) is 8.63. The molecule has 3 rings (SSSR count). The number of hydrogen-bond donors (Lipinski definition) is 2. The van der Waals surface area contributed by atoms with Crippen LogP contribution in [0.15, 0.2) is 59.8 Å². The van der Waals surface area contributed by atoms with Crippen LogP contribution in [0.2, 0.25) is 5.02 Å². The number of alkyl halides is 3. The maximum atomic E-state index is 14.2. The first-order valence-electron chi connectivity index (χ1n) is 8.93. The quantitative estimate of drug-likeness (QED) is 0.490. The van der Waals surface area contributed by atoms with Crippen molar-refractivity contribution < 1.29 is 30.8 Å². The molecule has 3 aromatic rings. The van der Waals surface area contributed by atoms with E-state index in [0.717, 1.165) is 18.2 Å². The second-order valence-electron chi connectivity index (χ2n) is 6.45. The molecule has 0 unspecified atom stereocenters. The van der Waals surface area contributed by atoms with Gasteiger partial charge in [0.1, 0.15) is 5.69 Å². The van der Waals surface area contributed by atoms with Crippen molar-refractivity contribution in [2.24, 2.45) is 0 Å². The highest BCUT2D eigenvalue weighted by Crippen LogP contribution is 2.35. The molecule has 0 atom stereocenters. The lowest BCUT2D eigenvalue weighted by Crippen LogP contribution is -2.28. The molecule has 1 heterocycles. The number of nitrogens with one attached hydrogen (secondary N) is 2. The molecule has 0 bridgehead atoms. The van der Waals surface area contributed by atoms with Gasteiger partial charge in [0.05, 0.1) is 15.5 Å². The molecular weight excluding hydrogens is 476 g/mol. The average Bonchev–Trinajstić information content (AvgIpc) is 3.21. The van der Waals surface area contributed by atoms with Gasteiger partial charge in [-0.1, -0.05) is 11.6 Å². The first-order valence-corrected chi connectivity index (χ1v) is 10.8. The lowest BCUT2D eigenvalue weighted by atomic mass is 10.2. The van der Waals surface area contributed by atoms with Gasteiger partial charge in [0.25, 0.3) is 0 Å². The standard InChI is InChI=1S/C19H15ClF4N4O3S/c20-15-4-3-13(11-14(15)19(22,23)24)32(30,31)26-8-6-18(29)27-12-2-5-17(16(21)10-12)28-9-1-7-25-28/h1-5,7,9-11,26H,6,8H2,(H,27,29). The molecule has 32 heavy (non-hydrogen) atoms. The predicted molar refractivity (Wildman–Crippen MR) is 108 cm³/mol. The van der Waals surface area contributed by atoms with Crippen molar-refractivity contribution >= 4 is 33.2 Å². The summed E-state index contributed by atoms with van der Waals surface area (Å²) in [5.74, 6) is -1.28. The van der Waals surface area contributed by atoms with Crippen molar-refractivity contribution in [2.45, 2.75) is 17.5 Å². The van der Waals surface area contributed by atoms with E-state index in [2.05, 4.69) is 10.4 Å². The Bertz CT molecular complexity index is 1230. The zero-order chi connectivity index (χ0) is 23.5. The van der Waals surface area contributed by atoms with E-state index in [1.807, 2.05) is 4.72 Å². The van der Waals surface area contributed by atoms with E-state index in [1.54, 1.807) is 12.3 Å². The van der Waals surface area contributed by atoms with Gasteiger partial charge in [-0.2, -0.15) is 18.3 Å². The van der Waals surface area contributed by atoms with E-state index in [9.17, 15) is 30.8 Å². The van der Waals surface area contributed by atoms with Gasteiger partial charge in [0.15, 0.2) is 5.82 Å². The fourth-order valence-corrected chi connectivity index (χ4v) is 3.96. The summed E-state index contributed by atoms with van der Waals surface area (Å²) in [5, 5.41) is 5.68. The summed E-state index contributed by atoms with van der Waals surface area (Å²) in [4.78, 5) is 11.4. The highest BCUT2D eigenvalue weighted by atomic mass is 35.5. The maximum Gasteiger partial charge on any atom is 0.417 e. The molecule has 7 nitrogen and oxygen atoms in total. The molecule has 2 N–H and O–H groups in total. The van der Waals surface area contributed by atoms with Crippen molar-refractivity contribution in [1.82, 2.24) is 14.5 Å². The van der Waals surface area contributed by atoms with E-state index in [4.69, 9.17) is 11.6 Å². The number of amides is 1. The van der Waals surface area contributed by atoms with Crippen LogP contribution in [0.4, 0.5) is 23.2 Å². The van der Waals surface area contributed by atoms with Crippen LogP contribution in [0.25, 0.3) is 5.69 Å². The minimum absolute atomic E-state index is 0.138. The average molecular weight is 491 g/mol. The zero-order valence-electron chi connectivity index (χ0n) is 16.0. The molecule has 170 valence electrons. The Labute approximate surface area is 185 Å². The van der Waals surface area contributed by atoms with E-state index < -0.39 is 50.0 Å². The number of halogens is 5. The number of nitrogens with zero attached hydrogens (tertiary/aromatic N) is 2. The van der Waals surface area contributed by atoms with Crippen molar-refractivity contribution in [3.63, 3.8) is 0 Å². The van der Waals surface area contributed by atoms with Crippen LogP contribution in [-0.2, 0) is 21.0 Å². The monoisotopic (exact) mass is 490 g/mol. The maximum absolute atomic E-state index is 14.2. The Morgan fingerprint density at radius 3 is 2.53 bits per heavy atom. The highest BCUT2D eigenvalue weighted by molar-refractivity contribution is 7.89. The minimum atomic E-state index is -4.83. The molecule has 1 aromatic heterocycles. The number of sulfonamides is 1. The second kappa shape index (κ2) is 9.27. The zero-order valence-corrected chi connectivity index (χ0v) is 17.6. The van der Waals surface area contributed by atoms with Crippen molar-refractivity contribution in [3.8, 4) is 5.69 Å². The van der Waals surface area contributed by atoms with Gasteiger partial charge in [-0.25, -0.2) is 22.2 Å². The van der Waals surface area contributed by atoms with E-state index in [1.165, 1.54) is 23.0 Å². The molecule has 0 saturated heterocycles. The Hall–Kier alpha value is -2.96. The number of carbonyl (C=O) groups excluding carboxylic acids is 1. The molecule has 0 aliphatic heterocycles. The van der Waals surface area contributed by atoms with Gasteiger partial charge in [-0.3, -0.25) is 4.79 Å². The molecule has 2 aromatic carbocycles. The van der Waals surface area contributed by atoms with Gasteiger partial charge in [0, 0.05) is 31.0 Å². The lowest BCUT2D eigenvalue weighted by molar-refractivity contribution is -0.137. The number of anilines is 1. The van der Waals surface area contributed by atoms with Crippen LogP contribution in [0.1, 0.15) is 12.0 Å². The summed E-state index contributed by atoms with van der Waals surface area (Å²) in [5.41, 5.74) is -0.985. The van der Waals surface area contributed by atoms with E-state index in [0.29, 0.717) is 6.07 Å². The van der Waals surface area contributed by atoms with Gasteiger partial charge < -0.3 is 5.32 Å². The molecule has 0 aliphatic carbocycles. The van der Waals surface area contributed by atoms with Crippen LogP contribution in [0, 0.1) is 5.82 Å². The number of benzene rings is 2. The predicted octanol–water partition coefficient (Wildman–Crippen LogP) is 3.99. The van der Waals surface area contributed by atoms with Crippen LogP contribution >= 0.6 is 11.6 Å².